The Balaban J connectivity index is 2.38. The zero-order valence-corrected chi connectivity index (χ0v) is 12.8. The van der Waals surface area contributed by atoms with Crippen LogP contribution in [0.4, 0.5) is 5.69 Å². The minimum absolute atomic E-state index is 0.175. The maximum Gasteiger partial charge on any atom is 0.0477 e. The van der Waals surface area contributed by atoms with Gasteiger partial charge in [0, 0.05) is 32.9 Å². The SMILES string of the molecule is CC(C)(C)NCCNc1ccc(Cl)cc1I. The molecule has 0 radical (unpaired) electrons. The van der Waals surface area contributed by atoms with Gasteiger partial charge in [0.1, 0.15) is 0 Å². The normalized spacial score (nSPS) is 11.6. The molecule has 1 aromatic rings. The van der Waals surface area contributed by atoms with E-state index in [0.717, 1.165) is 27.4 Å². The molecule has 0 saturated heterocycles. The summed E-state index contributed by atoms with van der Waals surface area (Å²) in [6.45, 7) is 8.36. The summed E-state index contributed by atoms with van der Waals surface area (Å²) >= 11 is 8.18. The highest BCUT2D eigenvalue weighted by Gasteiger charge is 2.07. The first-order valence-electron chi connectivity index (χ1n) is 5.32. The first-order valence-corrected chi connectivity index (χ1v) is 6.78. The van der Waals surface area contributed by atoms with Crippen LogP contribution < -0.4 is 10.6 Å². The molecule has 1 aromatic carbocycles. The van der Waals surface area contributed by atoms with Crippen LogP contribution in [0.25, 0.3) is 0 Å². The fourth-order valence-electron chi connectivity index (χ4n) is 1.27. The molecule has 0 unspecified atom stereocenters. The Kier molecular flexibility index (Phi) is 5.34. The smallest absolute Gasteiger partial charge is 0.0477 e. The number of benzene rings is 1. The molecule has 0 fully saturated rings. The molecule has 0 aliphatic heterocycles. The van der Waals surface area contributed by atoms with Crippen LogP contribution in [-0.4, -0.2) is 18.6 Å². The summed E-state index contributed by atoms with van der Waals surface area (Å²) in [4.78, 5) is 0. The Morgan fingerprint density at radius 2 is 1.94 bits per heavy atom. The summed E-state index contributed by atoms with van der Waals surface area (Å²) < 4.78 is 1.15. The second-order valence-corrected chi connectivity index (χ2v) is 6.33. The van der Waals surface area contributed by atoms with E-state index in [4.69, 9.17) is 11.6 Å². The molecule has 0 saturated carbocycles. The maximum atomic E-state index is 5.89. The second-order valence-electron chi connectivity index (χ2n) is 4.73. The van der Waals surface area contributed by atoms with Crippen LogP contribution in [0.3, 0.4) is 0 Å². The lowest BCUT2D eigenvalue weighted by Crippen LogP contribution is -2.38. The Morgan fingerprint density at radius 3 is 2.50 bits per heavy atom. The average molecular weight is 353 g/mol. The van der Waals surface area contributed by atoms with Crippen molar-refractivity contribution in [1.82, 2.24) is 5.32 Å². The zero-order valence-electron chi connectivity index (χ0n) is 9.90. The summed E-state index contributed by atoms with van der Waals surface area (Å²) in [5, 5.41) is 7.60. The number of hydrogen-bond acceptors (Lipinski definition) is 2. The minimum atomic E-state index is 0.175. The molecule has 2 N–H and O–H groups in total. The van der Waals surface area contributed by atoms with Gasteiger partial charge in [-0.25, -0.2) is 0 Å². The van der Waals surface area contributed by atoms with E-state index >= 15 is 0 Å². The van der Waals surface area contributed by atoms with E-state index in [1.54, 1.807) is 0 Å². The highest BCUT2D eigenvalue weighted by molar-refractivity contribution is 14.1. The van der Waals surface area contributed by atoms with Crippen LogP contribution in [0.2, 0.25) is 5.02 Å². The summed E-state index contributed by atoms with van der Waals surface area (Å²) in [6.07, 6.45) is 0. The number of rotatable bonds is 4. The third-order valence-electron chi connectivity index (χ3n) is 2.03. The summed E-state index contributed by atoms with van der Waals surface area (Å²) in [6, 6.07) is 5.88. The zero-order chi connectivity index (χ0) is 12.2. The molecule has 0 aliphatic carbocycles. The molecule has 1 rings (SSSR count). The highest BCUT2D eigenvalue weighted by atomic mass is 127. The van der Waals surface area contributed by atoms with Gasteiger partial charge in [-0.15, -0.1) is 0 Å². The Hall–Kier alpha value is -0.000000000000000111. The molecule has 0 bridgehead atoms. The summed E-state index contributed by atoms with van der Waals surface area (Å²) in [5.74, 6) is 0. The van der Waals surface area contributed by atoms with Gasteiger partial charge in [0.05, 0.1) is 0 Å². The van der Waals surface area contributed by atoms with Crippen LogP contribution in [0.15, 0.2) is 18.2 Å². The fourth-order valence-corrected chi connectivity index (χ4v) is 2.33. The van der Waals surface area contributed by atoms with E-state index in [1.807, 2.05) is 18.2 Å². The molecule has 0 aromatic heterocycles. The first-order chi connectivity index (χ1) is 7.38. The fraction of sp³-hybridized carbons (Fsp3) is 0.500. The molecule has 0 amide bonds. The minimum Gasteiger partial charge on any atom is -0.383 e. The lowest BCUT2D eigenvalue weighted by Gasteiger charge is -2.20. The molecule has 16 heavy (non-hydrogen) atoms. The van der Waals surface area contributed by atoms with Crippen molar-refractivity contribution in [2.24, 2.45) is 0 Å². The van der Waals surface area contributed by atoms with E-state index in [9.17, 15) is 0 Å². The van der Waals surface area contributed by atoms with Gasteiger partial charge in [0.15, 0.2) is 0 Å². The van der Waals surface area contributed by atoms with Gasteiger partial charge in [0.25, 0.3) is 0 Å². The van der Waals surface area contributed by atoms with E-state index in [-0.39, 0.29) is 5.54 Å². The van der Waals surface area contributed by atoms with Crippen molar-refractivity contribution in [2.45, 2.75) is 26.3 Å². The van der Waals surface area contributed by atoms with Crippen molar-refractivity contribution in [3.63, 3.8) is 0 Å². The third kappa shape index (κ3) is 5.37. The maximum absolute atomic E-state index is 5.89. The molecule has 90 valence electrons. The predicted molar refractivity (Wildman–Crippen MR) is 80.4 cm³/mol. The molecular formula is C12H18ClIN2. The monoisotopic (exact) mass is 352 g/mol. The second kappa shape index (κ2) is 6.07. The van der Waals surface area contributed by atoms with E-state index in [0.29, 0.717) is 0 Å². The molecule has 0 spiro atoms. The van der Waals surface area contributed by atoms with Crippen molar-refractivity contribution < 1.29 is 0 Å². The summed E-state index contributed by atoms with van der Waals surface area (Å²) in [5.41, 5.74) is 1.31. The number of hydrogen-bond donors (Lipinski definition) is 2. The van der Waals surface area contributed by atoms with Crippen LogP contribution in [0.5, 0.6) is 0 Å². The number of halogens is 2. The molecule has 2 nitrogen and oxygen atoms in total. The van der Waals surface area contributed by atoms with Gasteiger partial charge in [0.2, 0.25) is 0 Å². The van der Waals surface area contributed by atoms with Crippen LogP contribution in [-0.2, 0) is 0 Å². The van der Waals surface area contributed by atoms with Crippen molar-refractivity contribution in [2.75, 3.05) is 18.4 Å². The third-order valence-corrected chi connectivity index (χ3v) is 3.15. The molecule has 0 heterocycles. The van der Waals surface area contributed by atoms with Gasteiger partial charge in [-0.1, -0.05) is 11.6 Å². The van der Waals surface area contributed by atoms with Crippen LogP contribution in [0.1, 0.15) is 20.8 Å². The van der Waals surface area contributed by atoms with Gasteiger partial charge in [-0.2, -0.15) is 0 Å². The van der Waals surface area contributed by atoms with Gasteiger partial charge in [-0.05, 0) is 61.6 Å². The Labute approximate surface area is 116 Å². The lowest BCUT2D eigenvalue weighted by atomic mass is 10.1. The lowest BCUT2D eigenvalue weighted by molar-refractivity contribution is 0.435. The molecular weight excluding hydrogens is 335 g/mol. The van der Waals surface area contributed by atoms with Crippen LogP contribution >= 0.6 is 34.2 Å². The average Bonchev–Trinajstić information content (AvgIpc) is 2.13. The number of nitrogens with one attached hydrogen (secondary N) is 2. The largest absolute Gasteiger partial charge is 0.383 e. The predicted octanol–water partition coefficient (Wildman–Crippen LogP) is 3.74. The van der Waals surface area contributed by atoms with E-state index in [1.165, 1.54) is 0 Å². The Bertz CT molecular complexity index is 347. The van der Waals surface area contributed by atoms with Crippen molar-refractivity contribution in [3.8, 4) is 0 Å². The van der Waals surface area contributed by atoms with Gasteiger partial charge >= 0.3 is 0 Å². The number of anilines is 1. The van der Waals surface area contributed by atoms with Crippen molar-refractivity contribution >= 4 is 39.9 Å². The highest BCUT2D eigenvalue weighted by Crippen LogP contribution is 2.21. The molecule has 4 heteroatoms. The quantitative estimate of drug-likeness (QED) is 0.637. The standard InChI is InChI=1S/C12H18ClIN2/c1-12(2,3)16-7-6-15-11-5-4-9(13)8-10(11)14/h4-5,8,15-16H,6-7H2,1-3H3. The first kappa shape index (κ1) is 14.1. The van der Waals surface area contributed by atoms with Crippen LogP contribution in [0, 0.1) is 3.57 Å². The van der Waals surface area contributed by atoms with E-state index < -0.39 is 0 Å². The van der Waals surface area contributed by atoms with E-state index in [2.05, 4.69) is 54.0 Å². The van der Waals surface area contributed by atoms with Crippen molar-refractivity contribution in [1.29, 1.82) is 0 Å². The molecule has 0 aliphatic rings. The molecule has 0 atom stereocenters. The van der Waals surface area contributed by atoms with Crippen molar-refractivity contribution in [3.05, 3.63) is 26.8 Å². The van der Waals surface area contributed by atoms with Gasteiger partial charge < -0.3 is 10.6 Å². The topological polar surface area (TPSA) is 24.1 Å². The Morgan fingerprint density at radius 1 is 1.25 bits per heavy atom. The van der Waals surface area contributed by atoms with Gasteiger partial charge in [-0.3, -0.25) is 0 Å². The summed E-state index contributed by atoms with van der Waals surface area (Å²) in [7, 11) is 0.